The van der Waals surface area contributed by atoms with Gasteiger partial charge < -0.3 is 9.53 Å². The number of rotatable bonds is 4. The van der Waals surface area contributed by atoms with E-state index in [1.54, 1.807) is 16.8 Å². The third kappa shape index (κ3) is 3.39. The average Bonchev–Trinajstić information content (AvgIpc) is 2.77. The highest BCUT2D eigenvalue weighted by molar-refractivity contribution is 6.74. The van der Waals surface area contributed by atoms with Gasteiger partial charge in [0.2, 0.25) is 0 Å². The maximum atomic E-state index is 9.42. The van der Waals surface area contributed by atoms with Gasteiger partial charge in [0.05, 0.1) is 12.3 Å². The van der Waals surface area contributed by atoms with Gasteiger partial charge in [0.25, 0.3) is 0 Å². The lowest BCUT2D eigenvalue weighted by atomic mass is 10.1. The Hall–Kier alpha value is -1.66. The van der Waals surface area contributed by atoms with Crippen LogP contribution in [0.4, 0.5) is 0 Å². The van der Waals surface area contributed by atoms with E-state index in [1.165, 1.54) is 0 Å². The number of aromatic hydroxyl groups is 1. The predicted octanol–water partition coefficient (Wildman–Crippen LogP) is 3.71. The molecule has 1 aromatic carbocycles. The van der Waals surface area contributed by atoms with Crippen molar-refractivity contribution in [2.24, 2.45) is 7.05 Å². The Balaban J connectivity index is 2.26. The quantitative estimate of drug-likeness (QED) is 0.873. The first-order valence-corrected chi connectivity index (χ1v) is 10.3. The number of phenols is 1. The molecule has 120 valence electrons. The summed E-state index contributed by atoms with van der Waals surface area (Å²) in [5.74, 6) is 0.242. The van der Waals surface area contributed by atoms with Gasteiger partial charge in [-0.15, -0.1) is 5.10 Å². The average molecular weight is 319 g/mol. The second-order valence-corrected chi connectivity index (χ2v) is 11.9. The van der Waals surface area contributed by atoms with Crippen molar-refractivity contribution >= 4 is 8.32 Å². The summed E-state index contributed by atoms with van der Waals surface area (Å²) < 4.78 is 8.05. The topological polar surface area (TPSA) is 60.2 Å². The summed E-state index contributed by atoms with van der Waals surface area (Å²) in [6.07, 6.45) is 0. The minimum Gasteiger partial charge on any atom is -0.508 e. The Morgan fingerprint density at radius 2 is 1.77 bits per heavy atom. The van der Waals surface area contributed by atoms with Gasteiger partial charge in [-0.2, -0.15) is 0 Å². The molecule has 1 heterocycles. The van der Waals surface area contributed by atoms with E-state index in [4.69, 9.17) is 4.43 Å². The zero-order valence-corrected chi connectivity index (χ0v) is 15.2. The van der Waals surface area contributed by atoms with Crippen molar-refractivity contribution in [1.82, 2.24) is 15.0 Å². The molecule has 2 aromatic rings. The number of hydrogen-bond acceptors (Lipinski definition) is 4. The summed E-state index contributed by atoms with van der Waals surface area (Å²) in [5, 5.41) is 17.9. The molecule has 0 radical (unpaired) electrons. The lowest BCUT2D eigenvalue weighted by Gasteiger charge is -2.36. The molecule has 1 N–H and O–H groups in total. The van der Waals surface area contributed by atoms with E-state index in [0.29, 0.717) is 6.61 Å². The second-order valence-electron chi connectivity index (χ2n) is 7.10. The lowest BCUT2D eigenvalue weighted by Crippen LogP contribution is -2.40. The van der Waals surface area contributed by atoms with Gasteiger partial charge in [-0.1, -0.05) is 26.0 Å². The molecule has 2 rings (SSSR count). The number of phenolic OH excluding ortho intramolecular Hbond substituents is 1. The number of aryl methyl sites for hydroxylation is 1. The predicted molar refractivity (Wildman–Crippen MR) is 90.1 cm³/mol. The van der Waals surface area contributed by atoms with Gasteiger partial charge in [0, 0.05) is 12.6 Å². The Morgan fingerprint density at radius 1 is 1.18 bits per heavy atom. The summed E-state index contributed by atoms with van der Waals surface area (Å²) in [5.41, 5.74) is 2.69. The van der Waals surface area contributed by atoms with E-state index >= 15 is 0 Å². The van der Waals surface area contributed by atoms with Crippen LogP contribution in [-0.2, 0) is 18.1 Å². The first-order chi connectivity index (χ1) is 10.1. The molecule has 1 aromatic heterocycles. The van der Waals surface area contributed by atoms with E-state index in [9.17, 15) is 5.11 Å². The van der Waals surface area contributed by atoms with Gasteiger partial charge in [0.15, 0.2) is 8.32 Å². The summed E-state index contributed by atoms with van der Waals surface area (Å²) in [4.78, 5) is 0. The van der Waals surface area contributed by atoms with Crippen molar-refractivity contribution in [3.8, 4) is 17.0 Å². The van der Waals surface area contributed by atoms with Crippen molar-refractivity contribution in [2.45, 2.75) is 45.5 Å². The van der Waals surface area contributed by atoms with Crippen molar-refractivity contribution in [3.05, 3.63) is 30.0 Å². The van der Waals surface area contributed by atoms with Crippen LogP contribution in [0.3, 0.4) is 0 Å². The molecule has 0 saturated carbocycles. The van der Waals surface area contributed by atoms with Crippen LogP contribution in [0.25, 0.3) is 11.3 Å². The molecule has 0 aliphatic rings. The normalized spacial score (nSPS) is 12.6. The van der Waals surface area contributed by atoms with Crippen molar-refractivity contribution < 1.29 is 9.53 Å². The molecule has 0 saturated heterocycles. The van der Waals surface area contributed by atoms with E-state index < -0.39 is 8.32 Å². The van der Waals surface area contributed by atoms with Crippen LogP contribution in [0.5, 0.6) is 5.75 Å². The summed E-state index contributed by atoms with van der Waals surface area (Å²) in [6.45, 7) is 11.6. The van der Waals surface area contributed by atoms with E-state index in [0.717, 1.165) is 17.0 Å². The van der Waals surface area contributed by atoms with Crippen molar-refractivity contribution in [1.29, 1.82) is 0 Å². The van der Waals surface area contributed by atoms with Gasteiger partial charge in [0.1, 0.15) is 11.4 Å². The number of nitrogens with zero attached hydrogens (tertiary/aromatic N) is 3. The molecular formula is C16H25N3O2Si. The Bertz CT molecular complexity index is 642. The lowest BCUT2D eigenvalue weighted by molar-refractivity contribution is 0.267. The maximum Gasteiger partial charge on any atom is 0.192 e. The van der Waals surface area contributed by atoms with Crippen LogP contribution < -0.4 is 0 Å². The third-order valence-corrected chi connectivity index (χ3v) is 8.94. The highest BCUT2D eigenvalue weighted by Crippen LogP contribution is 2.37. The molecule has 0 unspecified atom stereocenters. The molecule has 0 spiro atoms. The van der Waals surface area contributed by atoms with E-state index in [-0.39, 0.29) is 10.8 Å². The molecule has 0 atom stereocenters. The first-order valence-electron chi connectivity index (χ1n) is 7.44. The standard InChI is InChI=1S/C16H25N3O2Si/c1-16(2,3)22(5,6)21-11-14-15(17-18-19(14)4)12-7-9-13(20)10-8-12/h7-10,20H,11H2,1-6H3. The number of aromatic nitrogens is 3. The molecule has 0 aliphatic heterocycles. The van der Waals surface area contributed by atoms with Crippen LogP contribution in [0.15, 0.2) is 24.3 Å². The summed E-state index contributed by atoms with van der Waals surface area (Å²) in [7, 11) is 0.0506. The van der Waals surface area contributed by atoms with Crippen molar-refractivity contribution in [2.75, 3.05) is 0 Å². The van der Waals surface area contributed by atoms with Crippen LogP contribution in [-0.4, -0.2) is 28.4 Å². The molecule has 0 fully saturated rings. The zero-order chi connectivity index (χ0) is 16.5. The van der Waals surface area contributed by atoms with Crippen LogP contribution in [0, 0.1) is 0 Å². The fourth-order valence-corrected chi connectivity index (χ4v) is 2.78. The molecular weight excluding hydrogens is 294 g/mol. The fraction of sp³-hybridized carbons (Fsp3) is 0.500. The Morgan fingerprint density at radius 3 is 2.32 bits per heavy atom. The Kier molecular flexibility index (Phi) is 4.44. The van der Waals surface area contributed by atoms with Crippen LogP contribution >= 0.6 is 0 Å². The smallest absolute Gasteiger partial charge is 0.192 e. The van der Waals surface area contributed by atoms with Crippen molar-refractivity contribution in [3.63, 3.8) is 0 Å². The first kappa shape index (κ1) is 16.7. The molecule has 0 bridgehead atoms. The van der Waals surface area contributed by atoms with Gasteiger partial charge in [-0.3, -0.25) is 0 Å². The minimum absolute atomic E-state index is 0.164. The third-order valence-electron chi connectivity index (χ3n) is 4.46. The summed E-state index contributed by atoms with van der Waals surface area (Å²) in [6, 6.07) is 7.00. The van der Waals surface area contributed by atoms with E-state index in [1.807, 2.05) is 19.2 Å². The van der Waals surface area contributed by atoms with Crippen LogP contribution in [0.1, 0.15) is 26.5 Å². The SMILES string of the molecule is Cn1nnc(-c2ccc(O)cc2)c1CO[Si](C)(C)C(C)(C)C. The molecule has 22 heavy (non-hydrogen) atoms. The zero-order valence-electron chi connectivity index (χ0n) is 14.2. The van der Waals surface area contributed by atoms with E-state index in [2.05, 4.69) is 44.2 Å². The van der Waals surface area contributed by atoms with Crippen LogP contribution in [0.2, 0.25) is 18.1 Å². The summed E-state index contributed by atoms with van der Waals surface area (Å²) >= 11 is 0. The largest absolute Gasteiger partial charge is 0.508 e. The molecule has 5 nitrogen and oxygen atoms in total. The molecule has 0 amide bonds. The highest BCUT2D eigenvalue weighted by Gasteiger charge is 2.37. The Labute approximate surface area is 133 Å². The number of benzene rings is 1. The minimum atomic E-state index is -1.83. The maximum absolute atomic E-state index is 9.42. The number of hydrogen-bond donors (Lipinski definition) is 1. The highest BCUT2D eigenvalue weighted by atomic mass is 28.4. The van der Waals surface area contributed by atoms with Gasteiger partial charge in [-0.05, 0) is 42.4 Å². The molecule has 0 aliphatic carbocycles. The monoisotopic (exact) mass is 319 g/mol. The van der Waals surface area contributed by atoms with Gasteiger partial charge >= 0.3 is 0 Å². The van der Waals surface area contributed by atoms with Gasteiger partial charge in [-0.25, -0.2) is 4.68 Å². The molecule has 6 heteroatoms. The second kappa shape index (κ2) is 5.85. The fourth-order valence-electron chi connectivity index (χ4n) is 1.85.